The zero-order chi connectivity index (χ0) is 27.5. The maximum atomic E-state index is 15.2. The van der Waals surface area contributed by atoms with Gasteiger partial charge in [0, 0.05) is 73.1 Å². The number of anilines is 2. The van der Waals surface area contributed by atoms with Crippen LogP contribution in [0.25, 0.3) is 27.9 Å². The highest BCUT2D eigenvalue weighted by Gasteiger charge is 2.36. The monoisotopic (exact) mass is 531 g/mol. The Labute approximate surface area is 211 Å². The van der Waals surface area contributed by atoms with Crippen LogP contribution in [0.3, 0.4) is 0 Å². The molecule has 3 aromatic heterocycles. The lowest BCUT2D eigenvalue weighted by atomic mass is 9.97. The van der Waals surface area contributed by atoms with Crippen molar-refractivity contribution in [3.05, 3.63) is 75.6 Å². The minimum Gasteiger partial charge on any atom is -0.477 e. The van der Waals surface area contributed by atoms with Crippen LogP contribution in [0.1, 0.15) is 21.6 Å². The summed E-state index contributed by atoms with van der Waals surface area (Å²) in [6.45, 7) is -1.42. The van der Waals surface area contributed by atoms with Gasteiger partial charge in [-0.25, -0.2) is 18.6 Å². The number of benzene rings is 1. The van der Waals surface area contributed by atoms with Crippen molar-refractivity contribution in [2.75, 3.05) is 30.9 Å². The van der Waals surface area contributed by atoms with Gasteiger partial charge in [0.05, 0.1) is 11.4 Å². The molecular formula is C25H18F5N5O3. The zero-order valence-corrected chi connectivity index (χ0v) is 19.8. The van der Waals surface area contributed by atoms with E-state index >= 15 is 4.39 Å². The number of nitrogens with one attached hydrogen (secondary N) is 1. The number of rotatable bonds is 5. The molecule has 196 valence electrons. The molecule has 0 amide bonds. The normalized spacial score (nSPS) is 12.4. The van der Waals surface area contributed by atoms with Gasteiger partial charge in [0.1, 0.15) is 17.8 Å². The molecule has 1 aromatic carbocycles. The third-order valence-corrected chi connectivity index (χ3v) is 6.36. The smallest absolute Gasteiger partial charge is 0.405 e. The topological polar surface area (TPSA) is 99.8 Å². The summed E-state index contributed by atoms with van der Waals surface area (Å²) in [5, 5.41) is 12.1. The van der Waals surface area contributed by atoms with E-state index in [4.69, 9.17) is 0 Å². The standard InChI is InChI=1S/C25H18F5N5O3/c1-31-16-6-15(26)21(27)19-12(16)5-17-20(19)22(34(2)10-25(28,29)30)13(7-32-17)11-3-4-18-33-8-14(24(37)38)23(36)35(18)9-11/h3-4,6-9,31H,5,10H2,1-2H3,(H,37,38). The summed E-state index contributed by atoms with van der Waals surface area (Å²) in [4.78, 5) is 33.3. The summed E-state index contributed by atoms with van der Waals surface area (Å²) < 4.78 is 71.2. The lowest BCUT2D eigenvalue weighted by Gasteiger charge is -2.27. The summed E-state index contributed by atoms with van der Waals surface area (Å²) in [6.07, 6.45) is -1.16. The number of alkyl halides is 3. The Balaban J connectivity index is 1.83. The number of carbonyl (C=O) groups is 1. The van der Waals surface area contributed by atoms with Crippen molar-refractivity contribution >= 4 is 23.0 Å². The molecule has 0 atom stereocenters. The van der Waals surface area contributed by atoms with Crippen LogP contribution in [0, 0.1) is 11.6 Å². The number of halogens is 5. The highest BCUT2D eigenvalue weighted by Crippen LogP contribution is 2.49. The van der Waals surface area contributed by atoms with Crippen LogP contribution >= 0.6 is 0 Å². The van der Waals surface area contributed by atoms with Crippen molar-refractivity contribution in [1.29, 1.82) is 0 Å². The quantitative estimate of drug-likeness (QED) is 0.326. The van der Waals surface area contributed by atoms with Gasteiger partial charge in [0.15, 0.2) is 11.6 Å². The molecule has 0 saturated heterocycles. The van der Waals surface area contributed by atoms with E-state index in [9.17, 15) is 32.3 Å². The number of pyridine rings is 2. The van der Waals surface area contributed by atoms with Crippen molar-refractivity contribution in [3.63, 3.8) is 0 Å². The van der Waals surface area contributed by atoms with Gasteiger partial charge in [-0.15, -0.1) is 0 Å². The average Bonchev–Trinajstić information content (AvgIpc) is 3.24. The van der Waals surface area contributed by atoms with E-state index in [2.05, 4.69) is 15.3 Å². The van der Waals surface area contributed by atoms with Crippen molar-refractivity contribution in [3.8, 4) is 22.3 Å². The first-order chi connectivity index (χ1) is 17.9. The molecule has 0 radical (unpaired) electrons. The Morgan fingerprint density at radius 3 is 2.58 bits per heavy atom. The van der Waals surface area contributed by atoms with Crippen molar-refractivity contribution in [2.45, 2.75) is 12.6 Å². The summed E-state index contributed by atoms with van der Waals surface area (Å²) in [6, 6.07) is 3.83. The van der Waals surface area contributed by atoms with Crippen molar-refractivity contribution in [2.24, 2.45) is 0 Å². The van der Waals surface area contributed by atoms with Gasteiger partial charge in [0.2, 0.25) is 0 Å². The predicted octanol–water partition coefficient (Wildman–Crippen LogP) is 4.34. The van der Waals surface area contributed by atoms with E-state index in [-0.39, 0.29) is 51.4 Å². The van der Waals surface area contributed by atoms with E-state index in [0.717, 1.165) is 28.6 Å². The van der Waals surface area contributed by atoms with Crippen LogP contribution in [0.5, 0.6) is 0 Å². The number of aromatic carboxylic acids is 1. The lowest BCUT2D eigenvalue weighted by Crippen LogP contribution is -2.31. The molecule has 0 fully saturated rings. The van der Waals surface area contributed by atoms with E-state index in [0.29, 0.717) is 5.56 Å². The van der Waals surface area contributed by atoms with Gasteiger partial charge in [-0.1, -0.05) is 0 Å². The largest absolute Gasteiger partial charge is 0.477 e. The van der Waals surface area contributed by atoms with Gasteiger partial charge in [-0.2, -0.15) is 13.2 Å². The first-order valence-electron chi connectivity index (χ1n) is 11.1. The number of aromatic nitrogens is 3. The Kier molecular flexibility index (Phi) is 5.80. The van der Waals surface area contributed by atoms with E-state index in [1.54, 1.807) is 0 Å². The van der Waals surface area contributed by atoms with Crippen molar-refractivity contribution < 1.29 is 31.9 Å². The fraction of sp³-hybridized carbons (Fsp3) is 0.200. The van der Waals surface area contributed by atoms with Gasteiger partial charge >= 0.3 is 12.1 Å². The van der Waals surface area contributed by atoms with Crippen molar-refractivity contribution in [1.82, 2.24) is 14.4 Å². The second kappa shape index (κ2) is 8.78. The second-order valence-corrected chi connectivity index (χ2v) is 8.74. The number of hydrogen-bond acceptors (Lipinski definition) is 6. The highest BCUT2D eigenvalue weighted by atomic mass is 19.4. The van der Waals surface area contributed by atoms with Gasteiger partial charge in [-0.3, -0.25) is 14.2 Å². The molecule has 1 aliphatic rings. The minimum absolute atomic E-state index is 0.00241. The Bertz CT molecular complexity index is 1700. The van der Waals surface area contributed by atoms with Crippen LogP contribution < -0.4 is 15.8 Å². The van der Waals surface area contributed by atoms with E-state index in [1.165, 1.54) is 31.6 Å². The molecule has 0 aliphatic heterocycles. The minimum atomic E-state index is -4.64. The first kappa shape index (κ1) is 25.1. The SMILES string of the molecule is CNc1cc(F)c(F)c2c1Cc1ncc(-c3ccc4ncc(C(=O)O)c(=O)n4c3)c(N(C)CC(F)(F)F)c1-2. The molecule has 0 unspecified atom stereocenters. The van der Waals surface area contributed by atoms with E-state index < -0.39 is 41.4 Å². The highest BCUT2D eigenvalue weighted by molar-refractivity contribution is 5.96. The Hall–Kier alpha value is -4.55. The number of nitrogens with zero attached hydrogens (tertiary/aromatic N) is 4. The molecular weight excluding hydrogens is 513 g/mol. The number of carboxylic acids is 1. The van der Waals surface area contributed by atoms with Crippen LogP contribution in [0.4, 0.5) is 33.3 Å². The molecule has 4 aromatic rings. The zero-order valence-electron chi connectivity index (χ0n) is 19.8. The summed E-state index contributed by atoms with van der Waals surface area (Å²) in [5.74, 6) is -3.90. The summed E-state index contributed by atoms with van der Waals surface area (Å²) in [7, 11) is 2.68. The second-order valence-electron chi connectivity index (χ2n) is 8.74. The third-order valence-electron chi connectivity index (χ3n) is 6.36. The number of carboxylic acid groups (broad SMARTS) is 1. The summed E-state index contributed by atoms with van der Waals surface area (Å²) in [5.41, 5.74) is -0.541. The molecule has 38 heavy (non-hydrogen) atoms. The molecule has 0 saturated carbocycles. The third kappa shape index (κ3) is 3.99. The molecule has 0 spiro atoms. The molecule has 1 aliphatic carbocycles. The molecule has 3 heterocycles. The molecule has 8 nitrogen and oxygen atoms in total. The molecule has 0 bridgehead atoms. The number of hydrogen-bond donors (Lipinski definition) is 2. The predicted molar refractivity (Wildman–Crippen MR) is 129 cm³/mol. The van der Waals surface area contributed by atoms with Crippen LogP contribution in [0.15, 0.2) is 41.6 Å². The Morgan fingerprint density at radius 1 is 1.18 bits per heavy atom. The van der Waals surface area contributed by atoms with Crippen LogP contribution in [-0.4, -0.2) is 52.3 Å². The maximum absolute atomic E-state index is 15.2. The fourth-order valence-electron chi connectivity index (χ4n) is 4.77. The fourth-order valence-corrected chi connectivity index (χ4v) is 4.77. The first-order valence-corrected chi connectivity index (χ1v) is 11.1. The Morgan fingerprint density at radius 2 is 1.92 bits per heavy atom. The van der Waals surface area contributed by atoms with Crippen LogP contribution in [0.2, 0.25) is 0 Å². The molecule has 13 heteroatoms. The van der Waals surface area contributed by atoms with E-state index in [1.807, 2.05) is 0 Å². The molecule has 2 N–H and O–H groups in total. The molecule has 5 rings (SSSR count). The van der Waals surface area contributed by atoms with Gasteiger partial charge in [0.25, 0.3) is 5.56 Å². The van der Waals surface area contributed by atoms with Gasteiger partial charge < -0.3 is 15.3 Å². The van der Waals surface area contributed by atoms with Crippen LogP contribution in [-0.2, 0) is 6.42 Å². The number of fused-ring (bicyclic) bond motifs is 4. The summed E-state index contributed by atoms with van der Waals surface area (Å²) >= 11 is 0. The van der Waals surface area contributed by atoms with Gasteiger partial charge in [-0.05, 0) is 17.7 Å². The average molecular weight is 531 g/mol. The maximum Gasteiger partial charge on any atom is 0.405 e. The lowest BCUT2D eigenvalue weighted by molar-refractivity contribution is -0.119.